The molecule has 2 rings (SSSR count). The zero-order chi connectivity index (χ0) is 11.8. The van der Waals surface area contributed by atoms with Gasteiger partial charge in [-0.25, -0.2) is 0 Å². The summed E-state index contributed by atoms with van der Waals surface area (Å²) >= 11 is 3.64. The van der Waals surface area contributed by atoms with Crippen LogP contribution in [0.25, 0.3) is 0 Å². The van der Waals surface area contributed by atoms with Crippen molar-refractivity contribution in [3.63, 3.8) is 0 Å². The molecule has 1 N–H and O–H groups in total. The van der Waals surface area contributed by atoms with Gasteiger partial charge >= 0.3 is 0 Å². The van der Waals surface area contributed by atoms with Gasteiger partial charge in [0.2, 0.25) is 0 Å². The second-order valence-electron chi connectivity index (χ2n) is 5.78. The van der Waals surface area contributed by atoms with E-state index in [9.17, 15) is 0 Å². The Bertz CT molecular complexity index is 379. The Morgan fingerprint density at radius 2 is 2.06 bits per heavy atom. The zero-order valence-electron chi connectivity index (χ0n) is 10.3. The van der Waals surface area contributed by atoms with Crippen LogP contribution in [-0.2, 0) is 12.8 Å². The highest BCUT2D eigenvalue weighted by atomic mass is 79.9. The molecule has 1 atom stereocenters. The Morgan fingerprint density at radius 1 is 1.31 bits per heavy atom. The minimum Gasteiger partial charge on any atom is -0.312 e. The van der Waals surface area contributed by atoms with Crippen LogP contribution < -0.4 is 5.32 Å². The number of fused-ring (bicyclic) bond motifs is 1. The van der Waals surface area contributed by atoms with Crippen molar-refractivity contribution in [3.8, 4) is 0 Å². The van der Waals surface area contributed by atoms with Gasteiger partial charge in [0.1, 0.15) is 0 Å². The molecule has 1 aromatic rings. The molecule has 16 heavy (non-hydrogen) atoms. The summed E-state index contributed by atoms with van der Waals surface area (Å²) in [6.45, 7) is 7.80. The summed E-state index contributed by atoms with van der Waals surface area (Å²) in [5, 5.41) is 3.60. The van der Waals surface area contributed by atoms with Crippen LogP contribution >= 0.6 is 15.9 Å². The molecule has 1 aromatic carbocycles. The minimum absolute atomic E-state index is 0.228. The van der Waals surface area contributed by atoms with Gasteiger partial charge in [0.05, 0.1) is 0 Å². The van der Waals surface area contributed by atoms with Gasteiger partial charge in [0, 0.05) is 10.0 Å². The molecule has 0 amide bonds. The normalized spacial score (nSPS) is 19.9. The van der Waals surface area contributed by atoms with E-state index in [1.165, 1.54) is 28.4 Å². The summed E-state index contributed by atoms with van der Waals surface area (Å²) in [5.41, 5.74) is 3.27. The first-order chi connectivity index (χ1) is 7.46. The Kier molecular flexibility index (Phi) is 3.41. The second-order valence-corrected chi connectivity index (χ2v) is 6.64. The van der Waals surface area contributed by atoms with Crippen LogP contribution in [0.5, 0.6) is 0 Å². The average Bonchev–Trinajstić information content (AvgIpc) is 2.58. The van der Waals surface area contributed by atoms with Crippen LogP contribution in [0.4, 0.5) is 0 Å². The molecule has 1 nitrogen and oxygen atoms in total. The van der Waals surface area contributed by atoms with Crippen LogP contribution in [0.3, 0.4) is 0 Å². The zero-order valence-corrected chi connectivity index (χ0v) is 11.9. The van der Waals surface area contributed by atoms with Crippen molar-refractivity contribution in [3.05, 3.63) is 33.8 Å². The third-order valence-corrected chi connectivity index (χ3v) is 3.88. The van der Waals surface area contributed by atoms with Crippen LogP contribution in [-0.4, -0.2) is 12.1 Å². The molecule has 1 aliphatic carbocycles. The fraction of sp³-hybridized carbons (Fsp3) is 0.571. The van der Waals surface area contributed by atoms with Crippen LogP contribution in [0.1, 0.15) is 31.9 Å². The van der Waals surface area contributed by atoms with Crippen molar-refractivity contribution < 1.29 is 0 Å². The molecule has 2 heteroatoms. The Labute approximate surface area is 107 Å². The van der Waals surface area contributed by atoms with Crippen molar-refractivity contribution >= 4 is 15.9 Å². The molecular formula is C14H20BrN. The van der Waals surface area contributed by atoms with E-state index in [-0.39, 0.29) is 5.54 Å². The lowest BCUT2D eigenvalue weighted by Crippen LogP contribution is -2.39. The van der Waals surface area contributed by atoms with Crippen molar-refractivity contribution in [2.24, 2.45) is 5.92 Å². The highest BCUT2D eigenvalue weighted by Crippen LogP contribution is 2.32. The summed E-state index contributed by atoms with van der Waals surface area (Å²) in [6.07, 6.45) is 2.43. The van der Waals surface area contributed by atoms with E-state index >= 15 is 0 Å². The molecule has 0 saturated carbocycles. The summed E-state index contributed by atoms with van der Waals surface area (Å²) in [6, 6.07) is 6.55. The predicted molar refractivity (Wildman–Crippen MR) is 72.8 cm³/mol. The van der Waals surface area contributed by atoms with Gasteiger partial charge in [-0.3, -0.25) is 0 Å². The predicted octanol–water partition coefficient (Wildman–Crippen LogP) is 3.55. The monoisotopic (exact) mass is 281 g/mol. The molecule has 0 aliphatic heterocycles. The number of hydrogen-bond donors (Lipinski definition) is 1. The second kappa shape index (κ2) is 4.50. The quantitative estimate of drug-likeness (QED) is 0.874. The highest BCUT2D eigenvalue weighted by molar-refractivity contribution is 9.10. The fourth-order valence-corrected chi connectivity index (χ4v) is 2.86. The maximum absolute atomic E-state index is 3.64. The van der Waals surface area contributed by atoms with E-state index in [0.29, 0.717) is 0 Å². The van der Waals surface area contributed by atoms with E-state index in [2.05, 4.69) is 60.2 Å². The standard InChI is InChI=1S/C14H20BrN/c1-14(2,3)16-9-10-7-11-5-4-6-13(15)12(11)8-10/h4-6,10,16H,7-9H2,1-3H3. The van der Waals surface area contributed by atoms with Crippen molar-refractivity contribution in [1.29, 1.82) is 0 Å². The van der Waals surface area contributed by atoms with Gasteiger partial charge in [-0.05, 0) is 63.3 Å². The molecule has 0 radical (unpaired) electrons. The maximum Gasteiger partial charge on any atom is 0.0210 e. The first-order valence-corrected chi connectivity index (χ1v) is 6.76. The Hall–Kier alpha value is -0.340. The molecule has 0 bridgehead atoms. The van der Waals surface area contributed by atoms with E-state index in [1.54, 1.807) is 0 Å². The number of halogens is 1. The summed E-state index contributed by atoms with van der Waals surface area (Å²) in [7, 11) is 0. The minimum atomic E-state index is 0.228. The Morgan fingerprint density at radius 3 is 2.69 bits per heavy atom. The molecule has 88 valence electrons. The fourth-order valence-electron chi connectivity index (χ4n) is 2.29. The number of rotatable bonds is 2. The lowest BCUT2D eigenvalue weighted by Gasteiger charge is -2.23. The molecule has 0 aromatic heterocycles. The molecule has 0 heterocycles. The number of hydrogen-bond acceptors (Lipinski definition) is 1. The number of nitrogens with one attached hydrogen (secondary N) is 1. The lowest BCUT2D eigenvalue weighted by molar-refractivity contribution is 0.376. The molecule has 0 spiro atoms. The van der Waals surface area contributed by atoms with Crippen LogP contribution in [0.2, 0.25) is 0 Å². The smallest absolute Gasteiger partial charge is 0.0210 e. The highest BCUT2D eigenvalue weighted by Gasteiger charge is 2.24. The van der Waals surface area contributed by atoms with E-state index < -0.39 is 0 Å². The van der Waals surface area contributed by atoms with Gasteiger partial charge in [-0.2, -0.15) is 0 Å². The maximum atomic E-state index is 3.64. The van der Waals surface area contributed by atoms with Gasteiger partial charge in [-0.15, -0.1) is 0 Å². The van der Waals surface area contributed by atoms with E-state index in [4.69, 9.17) is 0 Å². The van der Waals surface area contributed by atoms with Gasteiger partial charge in [0.15, 0.2) is 0 Å². The van der Waals surface area contributed by atoms with Gasteiger partial charge in [0.25, 0.3) is 0 Å². The largest absolute Gasteiger partial charge is 0.312 e. The van der Waals surface area contributed by atoms with Crippen LogP contribution in [0, 0.1) is 5.92 Å². The summed E-state index contributed by atoms with van der Waals surface area (Å²) in [4.78, 5) is 0. The molecule has 1 aliphatic rings. The number of benzene rings is 1. The third kappa shape index (κ3) is 2.86. The topological polar surface area (TPSA) is 12.0 Å². The average molecular weight is 282 g/mol. The molecule has 0 saturated heterocycles. The summed E-state index contributed by atoms with van der Waals surface area (Å²) < 4.78 is 1.28. The van der Waals surface area contributed by atoms with Crippen molar-refractivity contribution in [1.82, 2.24) is 5.32 Å². The van der Waals surface area contributed by atoms with Crippen molar-refractivity contribution in [2.75, 3.05) is 6.54 Å². The third-order valence-electron chi connectivity index (χ3n) is 3.14. The first kappa shape index (κ1) is 12.1. The van der Waals surface area contributed by atoms with E-state index in [0.717, 1.165) is 12.5 Å². The summed E-state index contributed by atoms with van der Waals surface area (Å²) in [5.74, 6) is 0.757. The van der Waals surface area contributed by atoms with E-state index in [1.807, 2.05) is 0 Å². The molecule has 0 fully saturated rings. The SMILES string of the molecule is CC(C)(C)NCC1Cc2cccc(Br)c2C1. The Balaban J connectivity index is 1.98. The lowest BCUT2D eigenvalue weighted by atomic mass is 10.0. The van der Waals surface area contributed by atoms with Gasteiger partial charge in [-0.1, -0.05) is 28.1 Å². The molecular weight excluding hydrogens is 262 g/mol. The van der Waals surface area contributed by atoms with Crippen LogP contribution in [0.15, 0.2) is 22.7 Å². The van der Waals surface area contributed by atoms with Crippen molar-refractivity contribution in [2.45, 2.75) is 39.2 Å². The van der Waals surface area contributed by atoms with Gasteiger partial charge < -0.3 is 5.32 Å². The molecule has 1 unspecified atom stereocenters. The first-order valence-electron chi connectivity index (χ1n) is 5.97.